The van der Waals surface area contributed by atoms with Gasteiger partial charge in [0, 0.05) is 0 Å². The third-order valence-corrected chi connectivity index (χ3v) is 5.17. The number of aryl methyl sites for hydroxylation is 2. The second-order valence-electron chi connectivity index (χ2n) is 6.58. The summed E-state index contributed by atoms with van der Waals surface area (Å²) < 4.78 is 11.6. The van der Waals surface area contributed by atoms with Gasteiger partial charge in [0.2, 0.25) is 0 Å². The van der Waals surface area contributed by atoms with Gasteiger partial charge in [-0.2, -0.15) is 5.10 Å². The van der Waals surface area contributed by atoms with E-state index in [2.05, 4.69) is 34.6 Å². The summed E-state index contributed by atoms with van der Waals surface area (Å²) in [4.78, 5) is 16.7. The van der Waals surface area contributed by atoms with E-state index in [1.54, 1.807) is 13.1 Å². The molecule has 0 atom stereocenters. The second-order valence-corrected chi connectivity index (χ2v) is 7.61. The van der Waals surface area contributed by atoms with Crippen LogP contribution in [0.5, 0.6) is 11.5 Å². The van der Waals surface area contributed by atoms with Gasteiger partial charge < -0.3 is 15.2 Å². The van der Waals surface area contributed by atoms with Crippen LogP contribution in [0.3, 0.4) is 0 Å². The van der Waals surface area contributed by atoms with E-state index in [0.29, 0.717) is 40.4 Å². The Morgan fingerprint density at radius 2 is 1.93 bits per heavy atom. The van der Waals surface area contributed by atoms with Gasteiger partial charge in [0.15, 0.2) is 16.6 Å². The Morgan fingerprint density at radius 3 is 2.60 bits per heavy atom. The first-order valence-electron chi connectivity index (χ1n) is 9.47. The lowest BCUT2D eigenvalue weighted by Gasteiger charge is -2.12. The van der Waals surface area contributed by atoms with Gasteiger partial charge in [-0.25, -0.2) is 10.4 Å². The van der Waals surface area contributed by atoms with E-state index in [4.69, 9.17) is 15.2 Å². The summed E-state index contributed by atoms with van der Waals surface area (Å²) in [7, 11) is 0. The van der Waals surface area contributed by atoms with Gasteiger partial charge in [0.25, 0.3) is 5.91 Å². The van der Waals surface area contributed by atoms with Crippen molar-refractivity contribution >= 4 is 28.6 Å². The fourth-order valence-electron chi connectivity index (χ4n) is 2.68. The number of aromatic nitrogens is 1. The fraction of sp³-hybridized carbons (Fsp3) is 0.227. The van der Waals surface area contributed by atoms with E-state index < -0.39 is 0 Å². The largest absolute Gasteiger partial charge is 0.490 e. The third kappa shape index (κ3) is 5.57. The molecule has 3 aromatic rings. The number of hydrogen-bond donors (Lipinski definition) is 2. The van der Waals surface area contributed by atoms with Crippen LogP contribution in [-0.2, 0) is 6.61 Å². The molecule has 1 amide bonds. The molecule has 0 saturated carbocycles. The summed E-state index contributed by atoms with van der Waals surface area (Å²) in [6.07, 6.45) is 1.55. The Labute approximate surface area is 179 Å². The van der Waals surface area contributed by atoms with Crippen LogP contribution in [0.25, 0.3) is 0 Å². The van der Waals surface area contributed by atoms with E-state index in [1.165, 1.54) is 5.56 Å². The van der Waals surface area contributed by atoms with Crippen molar-refractivity contribution in [1.29, 1.82) is 0 Å². The van der Waals surface area contributed by atoms with Gasteiger partial charge in [-0.1, -0.05) is 41.2 Å². The molecular weight excluding hydrogens is 400 g/mol. The van der Waals surface area contributed by atoms with Crippen LogP contribution < -0.4 is 20.6 Å². The predicted octanol–water partition coefficient (Wildman–Crippen LogP) is 4.08. The number of nitrogens with zero attached hydrogens (tertiary/aromatic N) is 2. The van der Waals surface area contributed by atoms with Crippen LogP contribution in [0.2, 0.25) is 0 Å². The molecule has 0 spiro atoms. The average molecular weight is 425 g/mol. The molecule has 0 aliphatic heterocycles. The van der Waals surface area contributed by atoms with E-state index in [0.717, 1.165) is 22.5 Å². The van der Waals surface area contributed by atoms with Crippen LogP contribution >= 0.6 is 11.3 Å². The minimum Gasteiger partial charge on any atom is -0.490 e. The van der Waals surface area contributed by atoms with Crippen molar-refractivity contribution < 1.29 is 14.3 Å². The number of hydrazone groups is 1. The quantitative estimate of drug-likeness (QED) is 0.419. The Bertz CT molecular complexity index is 1050. The monoisotopic (exact) mass is 424 g/mol. The highest BCUT2D eigenvalue weighted by Crippen LogP contribution is 2.29. The number of hydrogen-bond acceptors (Lipinski definition) is 7. The second kappa shape index (κ2) is 9.89. The molecule has 2 aromatic carbocycles. The molecule has 30 heavy (non-hydrogen) atoms. The molecule has 7 nitrogen and oxygen atoms in total. The maximum absolute atomic E-state index is 12.2. The zero-order valence-electron chi connectivity index (χ0n) is 17.1. The molecule has 3 N–H and O–H groups in total. The van der Waals surface area contributed by atoms with Crippen molar-refractivity contribution in [1.82, 2.24) is 10.4 Å². The van der Waals surface area contributed by atoms with Gasteiger partial charge in [0.05, 0.1) is 18.5 Å². The Kier molecular flexibility index (Phi) is 7.03. The number of carbonyl (C=O) groups excluding carboxylic acids is 1. The SMILES string of the molecule is CCOc1cc(C=NNC(=O)c2sc(N)nc2C)ccc1OCc1ccc(C)cc1. The Morgan fingerprint density at radius 1 is 1.17 bits per heavy atom. The molecule has 0 aliphatic carbocycles. The summed E-state index contributed by atoms with van der Waals surface area (Å²) in [5.74, 6) is 0.918. The molecule has 8 heteroatoms. The Balaban J connectivity index is 1.66. The summed E-state index contributed by atoms with van der Waals surface area (Å²) in [6, 6.07) is 13.7. The maximum atomic E-state index is 12.2. The zero-order chi connectivity index (χ0) is 21.5. The summed E-state index contributed by atoms with van der Waals surface area (Å²) >= 11 is 1.13. The number of rotatable bonds is 8. The number of amides is 1. The number of nitrogens with one attached hydrogen (secondary N) is 1. The Hall–Kier alpha value is -3.39. The van der Waals surface area contributed by atoms with E-state index in [1.807, 2.05) is 37.3 Å². The van der Waals surface area contributed by atoms with Gasteiger partial charge in [-0.05, 0) is 50.1 Å². The summed E-state index contributed by atoms with van der Waals surface area (Å²) in [6.45, 7) is 6.64. The fourth-order valence-corrected chi connectivity index (χ4v) is 3.41. The predicted molar refractivity (Wildman–Crippen MR) is 119 cm³/mol. The van der Waals surface area contributed by atoms with Crippen LogP contribution in [0, 0.1) is 13.8 Å². The van der Waals surface area contributed by atoms with Crippen molar-refractivity contribution in [3.63, 3.8) is 0 Å². The lowest BCUT2D eigenvalue weighted by molar-refractivity contribution is 0.0958. The molecule has 156 valence electrons. The molecule has 0 unspecified atom stereocenters. The van der Waals surface area contributed by atoms with E-state index in [-0.39, 0.29) is 5.91 Å². The summed E-state index contributed by atoms with van der Waals surface area (Å²) in [5.41, 5.74) is 11.8. The minimum absolute atomic E-state index is 0.346. The number of anilines is 1. The standard InChI is InChI=1S/C22H24N4O3S/c1-4-28-19-11-17(12-24-26-21(27)20-15(3)25-22(23)30-20)9-10-18(19)29-13-16-7-5-14(2)6-8-16/h5-12H,4,13H2,1-3H3,(H2,23,25)(H,26,27). The molecule has 1 heterocycles. The smallest absolute Gasteiger partial charge is 0.283 e. The normalized spacial score (nSPS) is 10.9. The molecule has 0 aliphatic rings. The molecular formula is C22H24N4O3S. The number of benzene rings is 2. The molecule has 0 bridgehead atoms. The number of nitrogens with two attached hydrogens (primary N) is 1. The highest BCUT2D eigenvalue weighted by Gasteiger charge is 2.13. The number of ether oxygens (including phenoxy) is 2. The molecule has 0 radical (unpaired) electrons. The van der Waals surface area contributed by atoms with Crippen LogP contribution in [0.4, 0.5) is 5.13 Å². The average Bonchev–Trinajstić information content (AvgIpc) is 3.07. The van der Waals surface area contributed by atoms with E-state index in [9.17, 15) is 4.79 Å². The van der Waals surface area contributed by atoms with Gasteiger partial charge in [-0.3, -0.25) is 4.79 Å². The molecule has 0 fully saturated rings. The first kappa shape index (κ1) is 21.3. The van der Waals surface area contributed by atoms with Gasteiger partial charge >= 0.3 is 0 Å². The lowest BCUT2D eigenvalue weighted by Crippen LogP contribution is -2.17. The van der Waals surface area contributed by atoms with Gasteiger partial charge in [-0.15, -0.1) is 0 Å². The minimum atomic E-state index is -0.346. The van der Waals surface area contributed by atoms with Crippen molar-refractivity contribution in [2.24, 2.45) is 5.10 Å². The highest BCUT2D eigenvalue weighted by atomic mass is 32.1. The van der Waals surface area contributed by atoms with Crippen LogP contribution in [-0.4, -0.2) is 23.7 Å². The maximum Gasteiger partial charge on any atom is 0.283 e. The van der Waals surface area contributed by atoms with Gasteiger partial charge in [0.1, 0.15) is 11.5 Å². The topological polar surface area (TPSA) is 98.8 Å². The summed E-state index contributed by atoms with van der Waals surface area (Å²) in [5, 5.41) is 4.37. The molecule has 3 rings (SSSR count). The van der Waals surface area contributed by atoms with Crippen LogP contribution in [0.15, 0.2) is 47.6 Å². The number of carbonyl (C=O) groups is 1. The van der Waals surface area contributed by atoms with E-state index >= 15 is 0 Å². The third-order valence-electron chi connectivity index (χ3n) is 4.18. The van der Waals surface area contributed by atoms with Crippen LogP contribution in [0.1, 0.15) is 39.0 Å². The molecule has 1 aromatic heterocycles. The van der Waals surface area contributed by atoms with Crippen molar-refractivity contribution in [2.45, 2.75) is 27.4 Å². The number of thiazole rings is 1. The van der Waals surface area contributed by atoms with Crippen molar-refractivity contribution in [2.75, 3.05) is 12.3 Å². The lowest BCUT2D eigenvalue weighted by atomic mass is 10.2. The first-order chi connectivity index (χ1) is 14.5. The van der Waals surface area contributed by atoms with Crippen molar-refractivity contribution in [3.8, 4) is 11.5 Å². The number of nitrogen functional groups attached to an aromatic ring is 1. The first-order valence-corrected chi connectivity index (χ1v) is 10.3. The van der Waals surface area contributed by atoms with Crippen molar-refractivity contribution in [3.05, 3.63) is 69.7 Å². The zero-order valence-corrected chi connectivity index (χ0v) is 18.0. The highest BCUT2D eigenvalue weighted by molar-refractivity contribution is 7.17. The molecule has 0 saturated heterocycles.